The molecule has 4 nitrogen and oxygen atoms in total. The Bertz CT molecular complexity index is 608. The molecule has 0 radical (unpaired) electrons. The fourth-order valence-corrected chi connectivity index (χ4v) is 2.00. The fourth-order valence-electron chi connectivity index (χ4n) is 1.93. The molecule has 0 unspecified atom stereocenters. The third-order valence-electron chi connectivity index (χ3n) is 2.79. The highest BCUT2D eigenvalue weighted by atomic mass is 35.5. The number of furan rings is 1. The zero-order chi connectivity index (χ0) is 12.6. The van der Waals surface area contributed by atoms with Crippen molar-refractivity contribution in [2.24, 2.45) is 0 Å². The molecule has 90 valence electrons. The van der Waals surface area contributed by atoms with E-state index >= 15 is 0 Å². The summed E-state index contributed by atoms with van der Waals surface area (Å²) in [5.41, 5.74) is 2.65. The molecule has 0 saturated carbocycles. The second-order valence-electron chi connectivity index (χ2n) is 3.81. The fraction of sp³-hybridized carbons (Fsp3) is 0.333. The molecule has 5 heteroatoms. The zero-order valence-electron chi connectivity index (χ0n) is 9.95. The van der Waals surface area contributed by atoms with Gasteiger partial charge in [0.05, 0.1) is 5.39 Å². The maximum atomic E-state index is 10.7. The van der Waals surface area contributed by atoms with E-state index in [1.54, 1.807) is 6.08 Å². The summed E-state index contributed by atoms with van der Waals surface area (Å²) in [4.78, 5) is 10.7. The van der Waals surface area contributed by atoms with Crippen molar-refractivity contribution in [1.29, 1.82) is 0 Å². The standard InChI is InChI=1S/C12H13ClN2O2/c1-4-15-8(3)11-7(2)9(5-6-10(13)16)17-12(11)14-15/h5-6H,4H2,1-3H3. The number of fused-ring (bicyclic) bond motifs is 1. The molecule has 0 fully saturated rings. The molecule has 0 spiro atoms. The van der Waals surface area contributed by atoms with Crippen molar-refractivity contribution < 1.29 is 9.21 Å². The Labute approximate surface area is 104 Å². The summed E-state index contributed by atoms with van der Waals surface area (Å²) in [6.45, 7) is 6.78. The van der Waals surface area contributed by atoms with Crippen LogP contribution < -0.4 is 0 Å². The smallest absolute Gasteiger partial charge is 0.246 e. The molecule has 0 saturated heterocycles. The first-order valence-electron chi connectivity index (χ1n) is 5.38. The normalized spacial score (nSPS) is 11.8. The van der Waals surface area contributed by atoms with E-state index in [2.05, 4.69) is 5.10 Å². The maximum absolute atomic E-state index is 10.7. The summed E-state index contributed by atoms with van der Waals surface area (Å²) in [7, 11) is 0. The summed E-state index contributed by atoms with van der Waals surface area (Å²) >= 11 is 5.24. The van der Waals surface area contributed by atoms with Crippen LogP contribution in [0.25, 0.3) is 17.2 Å². The van der Waals surface area contributed by atoms with Crippen molar-refractivity contribution in [2.45, 2.75) is 27.3 Å². The zero-order valence-corrected chi connectivity index (χ0v) is 10.7. The summed E-state index contributed by atoms with van der Waals surface area (Å²) in [6, 6.07) is 0. The van der Waals surface area contributed by atoms with Crippen molar-refractivity contribution in [3.8, 4) is 0 Å². The Morgan fingerprint density at radius 3 is 2.76 bits per heavy atom. The average molecular weight is 253 g/mol. The molecule has 2 aromatic heterocycles. The van der Waals surface area contributed by atoms with Crippen LogP contribution in [0.5, 0.6) is 0 Å². The highest BCUT2D eigenvalue weighted by Gasteiger charge is 2.16. The number of aromatic nitrogens is 2. The van der Waals surface area contributed by atoms with Gasteiger partial charge >= 0.3 is 0 Å². The molecule has 0 aliphatic carbocycles. The minimum Gasteiger partial charge on any atom is -0.437 e. The summed E-state index contributed by atoms with van der Waals surface area (Å²) < 4.78 is 7.47. The van der Waals surface area contributed by atoms with E-state index in [1.807, 2.05) is 25.5 Å². The van der Waals surface area contributed by atoms with E-state index in [-0.39, 0.29) is 0 Å². The van der Waals surface area contributed by atoms with Crippen LogP contribution in [0.3, 0.4) is 0 Å². The average Bonchev–Trinajstić information content (AvgIpc) is 2.75. The van der Waals surface area contributed by atoms with Crippen molar-refractivity contribution in [3.63, 3.8) is 0 Å². The highest BCUT2D eigenvalue weighted by molar-refractivity contribution is 6.66. The van der Waals surface area contributed by atoms with Gasteiger partial charge in [0.2, 0.25) is 11.0 Å². The van der Waals surface area contributed by atoms with Crippen LogP contribution in [0.15, 0.2) is 10.5 Å². The van der Waals surface area contributed by atoms with Crippen LogP contribution in [0.1, 0.15) is 23.9 Å². The largest absolute Gasteiger partial charge is 0.437 e. The number of hydrogen-bond donors (Lipinski definition) is 0. The molecule has 2 heterocycles. The van der Waals surface area contributed by atoms with Crippen molar-refractivity contribution >= 4 is 34.0 Å². The molecular formula is C12H13ClN2O2. The first-order valence-corrected chi connectivity index (χ1v) is 5.76. The minimum absolute atomic E-state index is 0.520. The first-order chi connectivity index (χ1) is 8.04. The Kier molecular flexibility index (Phi) is 3.07. The minimum atomic E-state index is -0.520. The van der Waals surface area contributed by atoms with Gasteiger partial charge in [-0.15, -0.1) is 5.10 Å². The van der Waals surface area contributed by atoms with Gasteiger partial charge in [0.25, 0.3) is 0 Å². The number of aryl methyl sites for hydroxylation is 3. The number of allylic oxidation sites excluding steroid dienone is 1. The van der Waals surface area contributed by atoms with Crippen LogP contribution in [-0.2, 0) is 11.3 Å². The molecule has 0 aliphatic rings. The third-order valence-corrected chi connectivity index (χ3v) is 2.92. The monoisotopic (exact) mass is 252 g/mol. The molecule has 0 atom stereocenters. The molecule has 0 aliphatic heterocycles. The van der Waals surface area contributed by atoms with E-state index in [4.69, 9.17) is 16.0 Å². The second-order valence-corrected chi connectivity index (χ2v) is 4.18. The Morgan fingerprint density at radius 1 is 1.53 bits per heavy atom. The lowest BCUT2D eigenvalue weighted by Crippen LogP contribution is -1.98. The molecule has 0 amide bonds. The second kappa shape index (κ2) is 4.37. The number of rotatable bonds is 3. The SMILES string of the molecule is CCn1nc2oc(C=CC(=O)Cl)c(C)c2c1C. The summed E-state index contributed by atoms with van der Waals surface area (Å²) in [5.74, 6) is 0.628. The Hall–Kier alpha value is -1.55. The van der Waals surface area contributed by atoms with Gasteiger partial charge in [-0.3, -0.25) is 9.48 Å². The van der Waals surface area contributed by atoms with Crippen LogP contribution in [-0.4, -0.2) is 15.0 Å². The summed E-state index contributed by atoms with van der Waals surface area (Å²) in [6.07, 6.45) is 2.84. The van der Waals surface area contributed by atoms with Gasteiger partial charge < -0.3 is 4.42 Å². The van der Waals surface area contributed by atoms with E-state index in [0.29, 0.717) is 11.5 Å². The van der Waals surface area contributed by atoms with Gasteiger partial charge in [0.1, 0.15) is 5.76 Å². The highest BCUT2D eigenvalue weighted by Crippen LogP contribution is 2.28. The molecule has 0 N–H and O–H groups in total. The molecular weight excluding hydrogens is 240 g/mol. The number of halogens is 1. The predicted octanol–water partition coefficient (Wildman–Crippen LogP) is 3.04. The Morgan fingerprint density at radius 2 is 2.24 bits per heavy atom. The van der Waals surface area contributed by atoms with Gasteiger partial charge in [-0.1, -0.05) is 0 Å². The van der Waals surface area contributed by atoms with Crippen LogP contribution in [0.2, 0.25) is 0 Å². The maximum Gasteiger partial charge on any atom is 0.246 e. The van der Waals surface area contributed by atoms with Crippen LogP contribution >= 0.6 is 11.6 Å². The topological polar surface area (TPSA) is 48.0 Å². The lowest BCUT2D eigenvalue weighted by atomic mass is 10.2. The van der Waals surface area contributed by atoms with Crippen molar-refractivity contribution in [2.75, 3.05) is 0 Å². The molecule has 2 aromatic rings. The quantitative estimate of drug-likeness (QED) is 0.623. The molecule has 0 bridgehead atoms. The van der Waals surface area contributed by atoms with E-state index in [9.17, 15) is 4.79 Å². The first kappa shape index (κ1) is 11.9. The molecule has 17 heavy (non-hydrogen) atoms. The summed E-state index contributed by atoms with van der Waals surface area (Å²) in [5, 5.41) is 4.83. The van der Waals surface area contributed by atoms with Gasteiger partial charge in [-0.05, 0) is 38.4 Å². The van der Waals surface area contributed by atoms with Gasteiger partial charge in [-0.25, -0.2) is 0 Å². The van der Waals surface area contributed by atoms with Crippen molar-refractivity contribution in [1.82, 2.24) is 9.78 Å². The number of carbonyl (C=O) groups excluding carboxylic acids is 1. The van der Waals surface area contributed by atoms with Crippen molar-refractivity contribution in [3.05, 3.63) is 23.1 Å². The number of hydrogen-bond acceptors (Lipinski definition) is 3. The van der Waals surface area contributed by atoms with E-state index in [1.165, 1.54) is 6.08 Å². The predicted molar refractivity (Wildman–Crippen MR) is 67.0 cm³/mol. The van der Waals surface area contributed by atoms with E-state index < -0.39 is 5.24 Å². The van der Waals surface area contributed by atoms with Crippen LogP contribution in [0, 0.1) is 13.8 Å². The lowest BCUT2D eigenvalue weighted by Gasteiger charge is -1.98. The van der Waals surface area contributed by atoms with Gasteiger partial charge in [0, 0.05) is 23.9 Å². The van der Waals surface area contributed by atoms with E-state index in [0.717, 1.165) is 23.2 Å². The van der Waals surface area contributed by atoms with Crippen LogP contribution in [0.4, 0.5) is 0 Å². The molecule has 0 aromatic carbocycles. The molecule has 2 rings (SSSR count). The lowest BCUT2D eigenvalue weighted by molar-refractivity contribution is -0.107. The van der Waals surface area contributed by atoms with Gasteiger partial charge in [0.15, 0.2) is 0 Å². The van der Waals surface area contributed by atoms with Gasteiger partial charge in [-0.2, -0.15) is 0 Å². The Balaban J connectivity index is 2.55. The third kappa shape index (κ3) is 2.00. The number of carbonyl (C=O) groups is 1. The number of nitrogens with zero attached hydrogens (tertiary/aromatic N) is 2.